The molecule has 1 aromatic carbocycles. The second-order valence-electron chi connectivity index (χ2n) is 2.97. The Kier molecular flexibility index (Phi) is 6.21. The molecule has 72 valence electrons. The van der Waals surface area contributed by atoms with Gasteiger partial charge >= 0.3 is 0 Å². The molecule has 0 N–H and O–H groups in total. The highest BCUT2D eigenvalue weighted by atomic mass is 32.2. The van der Waals surface area contributed by atoms with Gasteiger partial charge in [-0.05, 0) is 29.9 Å². The van der Waals surface area contributed by atoms with Gasteiger partial charge in [-0.2, -0.15) is 24.4 Å². The Hall–Kier alpha value is -0.0800. The molecule has 0 aromatic heterocycles. The molecule has 1 aromatic rings. The first kappa shape index (κ1) is 11.0. The maximum atomic E-state index is 4.18. The fraction of sp³-hybridized carbons (Fsp3) is 0.455. The largest absolute Gasteiger partial charge is 0.179 e. The molecule has 0 saturated heterocycles. The SMILES string of the molecule is SCCCCSCc1ccccc1. The number of hydrogen-bond acceptors (Lipinski definition) is 2. The summed E-state index contributed by atoms with van der Waals surface area (Å²) in [5.41, 5.74) is 1.43. The monoisotopic (exact) mass is 212 g/mol. The molecule has 0 radical (unpaired) electrons. The van der Waals surface area contributed by atoms with Gasteiger partial charge in [0.25, 0.3) is 0 Å². The molecule has 0 unspecified atom stereocenters. The number of hydrogen-bond donors (Lipinski definition) is 1. The maximum Gasteiger partial charge on any atom is 0.0184 e. The van der Waals surface area contributed by atoms with Gasteiger partial charge in [-0.3, -0.25) is 0 Å². The van der Waals surface area contributed by atoms with Crippen molar-refractivity contribution in [2.75, 3.05) is 11.5 Å². The lowest BCUT2D eigenvalue weighted by molar-refractivity contribution is 0.909. The first-order chi connectivity index (χ1) is 6.43. The topological polar surface area (TPSA) is 0 Å². The van der Waals surface area contributed by atoms with E-state index in [9.17, 15) is 0 Å². The third-order valence-corrected chi connectivity index (χ3v) is 3.24. The van der Waals surface area contributed by atoms with Gasteiger partial charge in [0, 0.05) is 5.75 Å². The van der Waals surface area contributed by atoms with E-state index in [2.05, 4.69) is 43.0 Å². The highest BCUT2D eigenvalue weighted by molar-refractivity contribution is 7.98. The summed E-state index contributed by atoms with van der Waals surface area (Å²) in [6.07, 6.45) is 2.53. The van der Waals surface area contributed by atoms with Crippen molar-refractivity contribution < 1.29 is 0 Å². The number of thiol groups is 1. The lowest BCUT2D eigenvalue weighted by atomic mass is 10.2. The molecule has 0 aliphatic carbocycles. The van der Waals surface area contributed by atoms with Gasteiger partial charge in [0.05, 0.1) is 0 Å². The van der Waals surface area contributed by atoms with Crippen LogP contribution in [0.4, 0.5) is 0 Å². The molecule has 0 aliphatic rings. The van der Waals surface area contributed by atoms with Gasteiger partial charge in [-0.25, -0.2) is 0 Å². The van der Waals surface area contributed by atoms with E-state index in [1.807, 2.05) is 11.8 Å². The van der Waals surface area contributed by atoms with Gasteiger partial charge in [0.2, 0.25) is 0 Å². The number of unbranched alkanes of at least 4 members (excludes halogenated alkanes) is 1. The predicted octanol–water partition coefficient (Wildman–Crippen LogP) is 3.63. The quantitative estimate of drug-likeness (QED) is 0.555. The van der Waals surface area contributed by atoms with E-state index < -0.39 is 0 Å². The average Bonchev–Trinajstić information content (AvgIpc) is 2.19. The van der Waals surface area contributed by atoms with Gasteiger partial charge in [-0.15, -0.1) is 0 Å². The smallest absolute Gasteiger partial charge is 0.0184 e. The molecule has 0 saturated carbocycles. The summed E-state index contributed by atoms with van der Waals surface area (Å²) in [5.74, 6) is 3.43. The van der Waals surface area contributed by atoms with Crippen molar-refractivity contribution in [2.45, 2.75) is 18.6 Å². The van der Waals surface area contributed by atoms with Crippen LogP contribution in [-0.4, -0.2) is 11.5 Å². The van der Waals surface area contributed by atoms with Crippen molar-refractivity contribution in [3.05, 3.63) is 35.9 Å². The molecule has 0 amide bonds. The molecule has 0 bridgehead atoms. The normalized spacial score (nSPS) is 10.2. The van der Waals surface area contributed by atoms with Crippen LogP contribution in [0.15, 0.2) is 30.3 Å². The van der Waals surface area contributed by atoms with Crippen LogP contribution in [0.3, 0.4) is 0 Å². The summed E-state index contributed by atoms with van der Waals surface area (Å²) in [4.78, 5) is 0. The molecule has 0 nitrogen and oxygen atoms in total. The molecular weight excluding hydrogens is 196 g/mol. The number of thioether (sulfide) groups is 1. The van der Waals surface area contributed by atoms with E-state index in [1.165, 1.54) is 24.2 Å². The van der Waals surface area contributed by atoms with E-state index >= 15 is 0 Å². The summed E-state index contributed by atoms with van der Waals surface area (Å²) >= 11 is 6.20. The minimum atomic E-state index is 1.02. The van der Waals surface area contributed by atoms with Gasteiger partial charge < -0.3 is 0 Å². The van der Waals surface area contributed by atoms with Gasteiger partial charge in [-0.1, -0.05) is 30.3 Å². The summed E-state index contributed by atoms with van der Waals surface area (Å²) in [7, 11) is 0. The third kappa shape index (κ3) is 5.27. The Balaban J connectivity index is 2.07. The first-order valence-corrected chi connectivity index (χ1v) is 6.44. The Morgan fingerprint density at radius 3 is 2.54 bits per heavy atom. The summed E-state index contributed by atoms with van der Waals surface area (Å²) in [6.45, 7) is 0. The minimum absolute atomic E-state index is 1.02. The molecule has 0 aliphatic heterocycles. The Bertz CT molecular complexity index is 209. The van der Waals surface area contributed by atoms with Crippen LogP contribution < -0.4 is 0 Å². The van der Waals surface area contributed by atoms with E-state index in [1.54, 1.807) is 0 Å². The van der Waals surface area contributed by atoms with Crippen LogP contribution >= 0.6 is 24.4 Å². The third-order valence-electron chi connectivity index (χ3n) is 1.81. The maximum absolute atomic E-state index is 4.18. The van der Waals surface area contributed by atoms with E-state index in [4.69, 9.17) is 0 Å². The number of rotatable bonds is 6. The van der Waals surface area contributed by atoms with Crippen LogP contribution in [0.1, 0.15) is 18.4 Å². The van der Waals surface area contributed by atoms with E-state index in [-0.39, 0.29) is 0 Å². The van der Waals surface area contributed by atoms with Crippen LogP contribution in [-0.2, 0) is 5.75 Å². The zero-order chi connectivity index (χ0) is 9.36. The van der Waals surface area contributed by atoms with Crippen LogP contribution in [0, 0.1) is 0 Å². The molecule has 2 heteroatoms. The average molecular weight is 212 g/mol. The molecular formula is C11H16S2. The van der Waals surface area contributed by atoms with Crippen LogP contribution in [0.25, 0.3) is 0 Å². The van der Waals surface area contributed by atoms with E-state index in [0.29, 0.717) is 0 Å². The van der Waals surface area contributed by atoms with E-state index in [0.717, 1.165) is 11.5 Å². The van der Waals surface area contributed by atoms with Crippen molar-refractivity contribution in [3.8, 4) is 0 Å². The van der Waals surface area contributed by atoms with Gasteiger partial charge in [0.15, 0.2) is 0 Å². The second kappa shape index (κ2) is 7.34. The molecule has 0 heterocycles. The van der Waals surface area contributed by atoms with Crippen molar-refractivity contribution in [2.24, 2.45) is 0 Å². The standard InChI is InChI=1S/C11H16S2/c12-8-4-5-9-13-10-11-6-2-1-3-7-11/h1-3,6-7,12H,4-5,8-10H2. The molecule has 0 atom stereocenters. The molecule has 13 heavy (non-hydrogen) atoms. The van der Waals surface area contributed by atoms with Crippen molar-refractivity contribution in [1.82, 2.24) is 0 Å². The predicted molar refractivity (Wildman–Crippen MR) is 65.7 cm³/mol. The van der Waals surface area contributed by atoms with Crippen molar-refractivity contribution in [3.63, 3.8) is 0 Å². The Morgan fingerprint density at radius 2 is 1.85 bits per heavy atom. The van der Waals surface area contributed by atoms with Crippen molar-refractivity contribution >= 4 is 24.4 Å². The first-order valence-electron chi connectivity index (χ1n) is 4.66. The Labute approximate surface area is 90.5 Å². The number of benzene rings is 1. The fourth-order valence-electron chi connectivity index (χ4n) is 1.08. The molecule has 0 spiro atoms. The highest BCUT2D eigenvalue weighted by Crippen LogP contribution is 2.13. The lowest BCUT2D eigenvalue weighted by Gasteiger charge is -2.00. The van der Waals surface area contributed by atoms with Crippen molar-refractivity contribution in [1.29, 1.82) is 0 Å². The highest BCUT2D eigenvalue weighted by Gasteiger charge is 1.91. The molecule has 1 rings (SSSR count). The summed E-state index contributed by atoms with van der Waals surface area (Å²) in [6, 6.07) is 10.6. The summed E-state index contributed by atoms with van der Waals surface area (Å²) < 4.78 is 0. The lowest BCUT2D eigenvalue weighted by Crippen LogP contribution is -1.84. The van der Waals surface area contributed by atoms with Gasteiger partial charge in [0.1, 0.15) is 0 Å². The molecule has 0 fully saturated rings. The van der Waals surface area contributed by atoms with Crippen LogP contribution in [0.2, 0.25) is 0 Å². The summed E-state index contributed by atoms with van der Waals surface area (Å²) in [5, 5.41) is 0. The fourth-order valence-corrected chi connectivity index (χ4v) is 2.28. The zero-order valence-electron chi connectivity index (χ0n) is 7.78. The second-order valence-corrected chi connectivity index (χ2v) is 4.52. The van der Waals surface area contributed by atoms with Crippen LogP contribution in [0.5, 0.6) is 0 Å². The zero-order valence-corrected chi connectivity index (χ0v) is 9.49. The minimum Gasteiger partial charge on any atom is -0.179 e. The Morgan fingerprint density at radius 1 is 1.08 bits per heavy atom.